The molecule has 0 saturated heterocycles. The fourth-order valence-corrected chi connectivity index (χ4v) is 0.757. The maximum absolute atomic E-state index is 10.3. The maximum atomic E-state index is 10.3. The smallest absolute Gasteiger partial charge is 0.361 e. The highest BCUT2D eigenvalue weighted by Gasteiger charge is 2.09. The molecule has 0 amide bonds. The molecule has 0 atom stereocenters. The Bertz CT molecular complexity index is 213. The fourth-order valence-electron chi connectivity index (χ4n) is 0.252. The van der Waals surface area contributed by atoms with Crippen molar-refractivity contribution < 1.29 is 17.4 Å². The van der Waals surface area contributed by atoms with Gasteiger partial charge in [0.1, 0.15) is 0 Å². The first kappa shape index (κ1) is 8.29. The summed E-state index contributed by atoms with van der Waals surface area (Å²) in [7, 11) is -3.72. The molecule has 0 fully saturated rings. The van der Waals surface area contributed by atoms with Crippen LogP contribution in [-0.4, -0.2) is 25.4 Å². The second-order valence-corrected chi connectivity index (χ2v) is 2.55. The largest absolute Gasteiger partial charge is 0.396 e. The monoisotopic (exact) mass is 150 g/mol. The van der Waals surface area contributed by atoms with Gasteiger partial charge in [0, 0.05) is 0 Å². The molecule has 0 aliphatic rings. The van der Waals surface area contributed by atoms with Crippen molar-refractivity contribution >= 4 is 15.7 Å². The van der Waals surface area contributed by atoms with Crippen LogP contribution in [0.1, 0.15) is 6.92 Å². The Balaban J connectivity index is 4.22. The highest BCUT2D eigenvalue weighted by molar-refractivity contribution is 8.00. The van der Waals surface area contributed by atoms with E-state index >= 15 is 0 Å². The standard InChI is InChI=1S/C3H6N2O3S/c1-2-8-9(6,7)3-5-4/h3H,2H2,1H3. The van der Waals surface area contributed by atoms with Gasteiger partial charge in [-0.1, -0.05) is 0 Å². The van der Waals surface area contributed by atoms with Gasteiger partial charge in [0.2, 0.25) is 0 Å². The zero-order valence-electron chi connectivity index (χ0n) is 4.81. The first-order valence-corrected chi connectivity index (χ1v) is 3.66. The Morgan fingerprint density at radius 2 is 2.33 bits per heavy atom. The molecule has 0 aliphatic carbocycles. The van der Waals surface area contributed by atoms with E-state index in [1.807, 2.05) is 0 Å². The van der Waals surface area contributed by atoms with Crippen molar-refractivity contribution in [2.75, 3.05) is 6.61 Å². The van der Waals surface area contributed by atoms with Crippen LogP contribution in [0.4, 0.5) is 0 Å². The molecule has 0 saturated carbocycles. The molecule has 9 heavy (non-hydrogen) atoms. The molecule has 0 aromatic carbocycles. The van der Waals surface area contributed by atoms with E-state index in [2.05, 4.69) is 8.97 Å². The zero-order valence-corrected chi connectivity index (χ0v) is 5.63. The van der Waals surface area contributed by atoms with Gasteiger partial charge in [0.25, 0.3) is 0 Å². The second-order valence-electron chi connectivity index (χ2n) is 1.12. The molecule has 0 heterocycles. The number of rotatable bonds is 3. The average molecular weight is 150 g/mol. The van der Waals surface area contributed by atoms with E-state index < -0.39 is 10.1 Å². The molecule has 0 aromatic rings. The average Bonchev–Trinajstić information content (AvgIpc) is 1.64. The molecule has 0 aromatic heterocycles. The normalized spacial score (nSPS) is 10.3. The molecule has 0 aliphatic heterocycles. The van der Waals surface area contributed by atoms with E-state index in [0.29, 0.717) is 5.55 Å². The summed E-state index contributed by atoms with van der Waals surface area (Å²) in [5.74, 6) is 0. The Morgan fingerprint density at radius 3 is 2.67 bits per heavy atom. The van der Waals surface area contributed by atoms with Gasteiger partial charge < -0.3 is 5.53 Å². The lowest BCUT2D eigenvalue weighted by Crippen LogP contribution is -2.06. The van der Waals surface area contributed by atoms with E-state index in [-0.39, 0.29) is 6.61 Å². The van der Waals surface area contributed by atoms with E-state index in [9.17, 15) is 8.42 Å². The van der Waals surface area contributed by atoms with Crippen LogP contribution < -0.4 is 0 Å². The summed E-state index contributed by atoms with van der Waals surface area (Å²) in [5.41, 5.74) is 8.07. The highest BCUT2D eigenvalue weighted by Crippen LogP contribution is 1.84. The quantitative estimate of drug-likeness (QED) is 0.181. The summed E-state index contributed by atoms with van der Waals surface area (Å²) >= 11 is 0. The van der Waals surface area contributed by atoms with Gasteiger partial charge in [0.15, 0.2) is 0 Å². The van der Waals surface area contributed by atoms with E-state index in [1.165, 1.54) is 6.92 Å². The molecule has 0 N–H and O–H groups in total. The lowest BCUT2D eigenvalue weighted by atomic mass is 10.9. The van der Waals surface area contributed by atoms with Crippen molar-refractivity contribution in [2.24, 2.45) is 0 Å². The van der Waals surface area contributed by atoms with E-state index in [0.717, 1.165) is 0 Å². The first-order chi connectivity index (χ1) is 4.12. The van der Waals surface area contributed by atoms with Crippen LogP contribution in [0.15, 0.2) is 0 Å². The van der Waals surface area contributed by atoms with Crippen molar-refractivity contribution in [3.8, 4) is 0 Å². The van der Waals surface area contributed by atoms with Crippen LogP contribution in [0, 0.1) is 0 Å². The van der Waals surface area contributed by atoms with Crippen molar-refractivity contribution in [3.05, 3.63) is 5.53 Å². The third kappa shape index (κ3) is 3.84. The summed E-state index contributed by atoms with van der Waals surface area (Å²) in [6.07, 6.45) is 0. The van der Waals surface area contributed by atoms with Crippen LogP contribution in [0.25, 0.3) is 5.53 Å². The van der Waals surface area contributed by atoms with Gasteiger partial charge in [-0.2, -0.15) is 13.2 Å². The van der Waals surface area contributed by atoms with Crippen LogP contribution >= 0.6 is 0 Å². The molecule has 0 unspecified atom stereocenters. The van der Waals surface area contributed by atoms with E-state index in [1.54, 1.807) is 0 Å². The van der Waals surface area contributed by atoms with Crippen molar-refractivity contribution in [1.82, 2.24) is 0 Å². The van der Waals surface area contributed by atoms with Crippen molar-refractivity contribution in [2.45, 2.75) is 6.92 Å². The highest BCUT2D eigenvalue weighted by atomic mass is 32.2. The predicted molar refractivity (Wildman–Crippen MR) is 30.2 cm³/mol. The molecule has 0 spiro atoms. The second kappa shape index (κ2) is 3.34. The summed E-state index contributed by atoms with van der Waals surface area (Å²) in [4.78, 5) is 2.29. The molecular formula is C3H6N2O3S. The molecule has 52 valence electrons. The summed E-state index contributed by atoms with van der Waals surface area (Å²) < 4.78 is 24.7. The minimum Gasteiger partial charge on any atom is -0.361 e. The fraction of sp³-hybridized carbons (Fsp3) is 0.667. The number of hydrogen-bond donors (Lipinski definition) is 0. The van der Waals surface area contributed by atoms with Crippen LogP contribution in [0.2, 0.25) is 0 Å². The summed E-state index contributed by atoms with van der Waals surface area (Å²) in [6.45, 7) is 1.55. The topological polar surface area (TPSA) is 79.8 Å². The van der Waals surface area contributed by atoms with Crippen molar-refractivity contribution in [3.63, 3.8) is 0 Å². The van der Waals surface area contributed by atoms with Crippen LogP contribution in [-0.2, 0) is 14.3 Å². The van der Waals surface area contributed by atoms with Gasteiger partial charge in [-0.15, -0.1) is 0 Å². The predicted octanol–water partition coefficient (Wildman–Crippen LogP) is -0.389. The van der Waals surface area contributed by atoms with E-state index in [4.69, 9.17) is 5.53 Å². The Labute approximate surface area is 53.0 Å². The Hall–Kier alpha value is -0.710. The number of nitrogens with zero attached hydrogens (tertiary/aromatic N) is 2. The molecule has 0 rings (SSSR count). The molecule has 0 radical (unpaired) electrons. The van der Waals surface area contributed by atoms with Crippen molar-refractivity contribution in [1.29, 1.82) is 0 Å². The third-order valence-corrected chi connectivity index (χ3v) is 1.38. The minimum absolute atomic E-state index is 0.0361. The number of hydrogen-bond acceptors (Lipinski definition) is 3. The minimum atomic E-state index is -3.72. The Morgan fingerprint density at radius 1 is 1.78 bits per heavy atom. The van der Waals surface area contributed by atoms with Gasteiger partial charge in [0.05, 0.1) is 6.61 Å². The lowest BCUT2D eigenvalue weighted by molar-refractivity contribution is 0.00663. The maximum Gasteiger partial charge on any atom is 0.396 e. The van der Waals surface area contributed by atoms with Crippen LogP contribution in [0.5, 0.6) is 0 Å². The van der Waals surface area contributed by atoms with Gasteiger partial charge in [-0.3, -0.25) is 4.18 Å². The lowest BCUT2D eigenvalue weighted by Gasteiger charge is -1.87. The first-order valence-electron chi connectivity index (χ1n) is 2.19. The molecular weight excluding hydrogens is 144 g/mol. The van der Waals surface area contributed by atoms with Gasteiger partial charge in [-0.25, -0.2) is 0 Å². The zero-order chi connectivity index (χ0) is 7.33. The Kier molecular flexibility index (Phi) is 3.08. The summed E-state index contributed by atoms with van der Waals surface area (Å²) in [6, 6.07) is 0. The molecule has 0 bridgehead atoms. The van der Waals surface area contributed by atoms with Crippen LogP contribution in [0.3, 0.4) is 0 Å². The third-order valence-electron chi connectivity index (χ3n) is 0.458. The summed E-state index contributed by atoms with van der Waals surface area (Å²) in [5, 5.41) is 0. The van der Waals surface area contributed by atoms with Gasteiger partial charge in [-0.05, 0) is 6.92 Å². The SMILES string of the molecule is CCOS(=O)(=O)C=[N+]=[N-]. The van der Waals surface area contributed by atoms with Gasteiger partial charge >= 0.3 is 15.7 Å². The molecule has 5 nitrogen and oxygen atoms in total. The molecule has 6 heteroatoms.